The van der Waals surface area contributed by atoms with Gasteiger partial charge in [-0.2, -0.15) is 5.10 Å². The van der Waals surface area contributed by atoms with Crippen LogP contribution in [0.2, 0.25) is 0 Å². The maximum absolute atomic E-state index is 11.7. The van der Waals surface area contributed by atoms with Gasteiger partial charge in [-0.15, -0.1) is 0 Å². The maximum atomic E-state index is 11.7. The Kier molecular flexibility index (Phi) is 5.32. The van der Waals surface area contributed by atoms with Crippen molar-refractivity contribution >= 4 is 5.91 Å². The number of nitrogens with zero attached hydrogens (tertiary/aromatic N) is 4. The number of rotatable bonds is 6. The second-order valence-corrected chi connectivity index (χ2v) is 5.29. The van der Waals surface area contributed by atoms with E-state index in [1.807, 2.05) is 0 Å². The number of hydrogen-bond acceptors (Lipinski definition) is 4. The molecule has 1 saturated heterocycles. The summed E-state index contributed by atoms with van der Waals surface area (Å²) < 4.78 is 1.72. The highest BCUT2D eigenvalue weighted by Gasteiger charge is 2.17. The molecule has 6 heteroatoms. The largest absolute Gasteiger partial charge is 0.354 e. The van der Waals surface area contributed by atoms with Crippen LogP contribution in [-0.4, -0.2) is 52.3 Å². The molecule has 0 radical (unpaired) electrons. The van der Waals surface area contributed by atoms with Crippen molar-refractivity contribution in [3.8, 4) is 0 Å². The predicted molar refractivity (Wildman–Crippen MR) is 72.5 cm³/mol. The van der Waals surface area contributed by atoms with Gasteiger partial charge in [0.2, 0.25) is 5.91 Å². The monoisotopic (exact) mass is 265 g/mol. The molecule has 1 aliphatic heterocycles. The molecule has 106 valence electrons. The molecule has 1 aromatic rings. The molecule has 1 amide bonds. The maximum Gasteiger partial charge on any atom is 0.220 e. The van der Waals surface area contributed by atoms with Gasteiger partial charge in [-0.25, -0.2) is 4.98 Å². The van der Waals surface area contributed by atoms with E-state index < -0.39 is 0 Å². The molecule has 0 atom stereocenters. The molecular weight excluding hydrogens is 242 g/mol. The third kappa shape index (κ3) is 4.98. The summed E-state index contributed by atoms with van der Waals surface area (Å²) in [5, 5.41) is 6.92. The van der Waals surface area contributed by atoms with Crippen molar-refractivity contribution in [1.29, 1.82) is 0 Å². The van der Waals surface area contributed by atoms with Crippen LogP contribution in [-0.2, 0) is 11.3 Å². The minimum absolute atomic E-state index is 0.152. The van der Waals surface area contributed by atoms with Crippen LogP contribution in [0.3, 0.4) is 0 Å². The number of nitrogens with one attached hydrogen (secondary N) is 1. The Bertz CT molecular complexity index is 370. The minimum Gasteiger partial charge on any atom is -0.354 e. The van der Waals surface area contributed by atoms with Crippen molar-refractivity contribution in [2.75, 3.05) is 26.7 Å². The number of aromatic nitrogens is 3. The summed E-state index contributed by atoms with van der Waals surface area (Å²) in [4.78, 5) is 17.9. The lowest BCUT2D eigenvalue weighted by Crippen LogP contribution is -2.31. The van der Waals surface area contributed by atoms with Gasteiger partial charge in [0.1, 0.15) is 12.7 Å². The molecule has 2 rings (SSSR count). The Labute approximate surface area is 114 Å². The fourth-order valence-corrected chi connectivity index (χ4v) is 2.43. The van der Waals surface area contributed by atoms with Gasteiger partial charge in [0.15, 0.2) is 0 Å². The highest BCUT2D eigenvalue weighted by Crippen LogP contribution is 2.20. The Balaban J connectivity index is 1.54. The third-order valence-corrected chi connectivity index (χ3v) is 3.75. The van der Waals surface area contributed by atoms with Crippen LogP contribution in [0.25, 0.3) is 0 Å². The van der Waals surface area contributed by atoms with Crippen molar-refractivity contribution in [3.63, 3.8) is 0 Å². The van der Waals surface area contributed by atoms with Crippen LogP contribution in [0.15, 0.2) is 12.7 Å². The summed E-state index contributed by atoms with van der Waals surface area (Å²) in [7, 11) is 2.16. The second kappa shape index (κ2) is 7.23. The molecule has 0 unspecified atom stereocenters. The van der Waals surface area contributed by atoms with E-state index in [9.17, 15) is 4.79 Å². The standard InChI is InChI=1S/C13H23N5O/c1-17-7-4-12(5-8-17)2-3-13(19)15-6-9-18-11-14-10-16-18/h10-12H,2-9H2,1H3,(H,15,19). The van der Waals surface area contributed by atoms with Crippen LogP contribution in [0, 0.1) is 5.92 Å². The van der Waals surface area contributed by atoms with Crippen LogP contribution in [0.5, 0.6) is 0 Å². The molecule has 6 nitrogen and oxygen atoms in total. The zero-order valence-corrected chi connectivity index (χ0v) is 11.6. The Morgan fingerprint density at radius 3 is 2.89 bits per heavy atom. The van der Waals surface area contributed by atoms with Crippen molar-refractivity contribution in [2.24, 2.45) is 5.92 Å². The average molecular weight is 265 g/mol. The van der Waals surface area contributed by atoms with Gasteiger partial charge in [0.05, 0.1) is 6.54 Å². The van der Waals surface area contributed by atoms with Crippen molar-refractivity contribution in [2.45, 2.75) is 32.2 Å². The fraction of sp³-hybridized carbons (Fsp3) is 0.769. The summed E-state index contributed by atoms with van der Waals surface area (Å²) in [6.45, 7) is 3.63. The molecule has 19 heavy (non-hydrogen) atoms. The first kappa shape index (κ1) is 14.0. The smallest absolute Gasteiger partial charge is 0.220 e. The van der Waals surface area contributed by atoms with Crippen LogP contribution in [0.1, 0.15) is 25.7 Å². The van der Waals surface area contributed by atoms with E-state index in [1.165, 1.54) is 32.3 Å². The lowest BCUT2D eigenvalue weighted by atomic mass is 9.92. The van der Waals surface area contributed by atoms with E-state index in [2.05, 4.69) is 27.3 Å². The van der Waals surface area contributed by atoms with E-state index in [0.29, 0.717) is 19.5 Å². The summed E-state index contributed by atoms with van der Waals surface area (Å²) >= 11 is 0. The zero-order chi connectivity index (χ0) is 13.5. The van der Waals surface area contributed by atoms with Crippen LogP contribution < -0.4 is 5.32 Å². The molecule has 0 aliphatic carbocycles. The number of hydrogen-bond donors (Lipinski definition) is 1. The van der Waals surface area contributed by atoms with E-state index >= 15 is 0 Å². The highest BCUT2D eigenvalue weighted by molar-refractivity contribution is 5.75. The first-order valence-corrected chi connectivity index (χ1v) is 7.01. The zero-order valence-electron chi connectivity index (χ0n) is 11.6. The molecule has 1 aromatic heterocycles. The molecule has 0 bridgehead atoms. The molecule has 1 aliphatic rings. The van der Waals surface area contributed by atoms with Crippen molar-refractivity contribution < 1.29 is 4.79 Å². The van der Waals surface area contributed by atoms with Gasteiger partial charge in [0.25, 0.3) is 0 Å². The van der Waals surface area contributed by atoms with E-state index in [4.69, 9.17) is 0 Å². The van der Waals surface area contributed by atoms with Crippen molar-refractivity contribution in [1.82, 2.24) is 25.0 Å². The lowest BCUT2D eigenvalue weighted by molar-refractivity contribution is -0.121. The lowest BCUT2D eigenvalue weighted by Gasteiger charge is -2.28. The summed E-state index contributed by atoms with van der Waals surface area (Å²) in [6.07, 6.45) is 7.27. The van der Waals surface area contributed by atoms with Crippen molar-refractivity contribution in [3.05, 3.63) is 12.7 Å². The molecular formula is C13H23N5O. The first-order chi connectivity index (χ1) is 9.24. The summed E-state index contributed by atoms with van der Waals surface area (Å²) in [6, 6.07) is 0. The fourth-order valence-electron chi connectivity index (χ4n) is 2.43. The second-order valence-electron chi connectivity index (χ2n) is 5.29. The third-order valence-electron chi connectivity index (χ3n) is 3.75. The number of carbonyl (C=O) groups excluding carboxylic acids is 1. The Morgan fingerprint density at radius 1 is 1.42 bits per heavy atom. The summed E-state index contributed by atoms with van der Waals surface area (Å²) in [5.74, 6) is 0.872. The van der Waals surface area contributed by atoms with Gasteiger partial charge < -0.3 is 10.2 Å². The normalized spacial score (nSPS) is 17.5. The van der Waals surface area contributed by atoms with Gasteiger partial charge in [-0.05, 0) is 45.3 Å². The predicted octanol–water partition coefficient (Wildman–Crippen LogP) is 0.516. The average Bonchev–Trinajstić information content (AvgIpc) is 2.91. The van der Waals surface area contributed by atoms with E-state index in [-0.39, 0.29) is 5.91 Å². The van der Waals surface area contributed by atoms with Crippen LogP contribution in [0.4, 0.5) is 0 Å². The Morgan fingerprint density at radius 2 is 2.21 bits per heavy atom. The number of amides is 1. The summed E-state index contributed by atoms with van der Waals surface area (Å²) in [5.41, 5.74) is 0. The number of piperidine rings is 1. The molecule has 1 N–H and O–H groups in total. The van der Waals surface area contributed by atoms with Gasteiger partial charge in [0, 0.05) is 13.0 Å². The molecule has 0 spiro atoms. The molecule has 0 saturated carbocycles. The quantitative estimate of drug-likeness (QED) is 0.814. The first-order valence-electron chi connectivity index (χ1n) is 7.01. The number of likely N-dealkylation sites (tertiary alicyclic amines) is 1. The minimum atomic E-state index is 0.152. The van der Waals surface area contributed by atoms with Gasteiger partial charge in [-0.3, -0.25) is 9.48 Å². The van der Waals surface area contributed by atoms with E-state index in [0.717, 1.165) is 12.3 Å². The highest BCUT2D eigenvalue weighted by atomic mass is 16.1. The SMILES string of the molecule is CN1CCC(CCC(=O)NCCn2cncn2)CC1. The van der Waals surface area contributed by atoms with Gasteiger partial charge in [-0.1, -0.05) is 0 Å². The molecule has 2 heterocycles. The van der Waals surface area contributed by atoms with E-state index in [1.54, 1.807) is 11.0 Å². The molecule has 0 aromatic carbocycles. The Hall–Kier alpha value is -1.43. The van der Waals surface area contributed by atoms with Gasteiger partial charge >= 0.3 is 0 Å². The topological polar surface area (TPSA) is 63.1 Å². The van der Waals surface area contributed by atoms with Crippen LogP contribution >= 0.6 is 0 Å². The molecule has 1 fully saturated rings. The number of carbonyl (C=O) groups is 1.